The standard InChI is InChI=1S/C12H11N5O/c18-12(14-6-10-5-13-7-15-10)8-1-2-11-9(3-8)4-16-17-11/h1-5,7H,6H2,(H,13,15)(H,14,18)(H,16,17). The van der Waals surface area contributed by atoms with Crippen molar-refractivity contribution in [2.45, 2.75) is 6.54 Å². The van der Waals surface area contributed by atoms with Gasteiger partial charge in [0.2, 0.25) is 0 Å². The largest absolute Gasteiger partial charge is 0.347 e. The third-order valence-electron chi connectivity index (χ3n) is 2.70. The van der Waals surface area contributed by atoms with E-state index < -0.39 is 0 Å². The van der Waals surface area contributed by atoms with Gasteiger partial charge in [0.15, 0.2) is 0 Å². The number of aromatic nitrogens is 4. The maximum absolute atomic E-state index is 11.9. The number of nitrogens with zero attached hydrogens (tertiary/aromatic N) is 2. The molecule has 6 nitrogen and oxygen atoms in total. The van der Waals surface area contributed by atoms with Gasteiger partial charge < -0.3 is 10.3 Å². The van der Waals surface area contributed by atoms with Crippen LogP contribution in [-0.4, -0.2) is 26.1 Å². The maximum atomic E-state index is 11.9. The normalized spacial score (nSPS) is 10.7. The first-order valence-corrected chi connectivity index (χ1v) is 5.51. The molecule has 2 heterocycles. The molecule has 0 aliphatic rings. The molecule has 6 heteroatoms. The van der Waals surface area contributed by atoms with Crippen LogP contribution in [-0.2, 0) is 6.54 Å². The minimum Gasteiger partial charge on any atom is -0.347 e. The highest BCUT2D eigenvalue weighted by atomic mass is 16.1. The van der Waals surface area contributed by atoms with Gasteiger partial charge in [-0.25, -0.2) is 4.98 Å². The molecule has 0 aliphatic carbocycles. The Morgan fingerprint density at radius 2 is 2.28 bits per heavy atom. The lowest BCUT2D eigenvalue weighted by atomic mass is 10.1. The molecule has 2 aromatic heterocycles. The summed E-state index contributed by atoms with van der Waals surface area (Å²) >= 11 is 0. The summed E-state index contributed by atoms with van der Waals surface area (Å²) in [4.78, 5) is 18.7. The van der Waals surface area contributed by atoms with E-state index in [1.807, 2.05) is 6.07 Å². The second-order valence-electron chi connectivity index (χ2n) is 3.93. The Hall–Kier alpha value is -2.63. The number of aromatic amines is 2. The number of hydrogen-bond acceptors (Lipinski definition) is 3. The third kappa shape index (κ3) is 1.95. The first-order chi connectivity index (χ1) is 8.83. The first kappa shape index (κ1) is 10.5. The molecule has 3 rings (SSSR count). The molecule has 0 spiro atoms. The van der Waals surface area contributed by atoms with Crippen LogP contribution in [0.4, 0.5) is 0 Å². The summed E-state index contributed by atoms with van der Waals surface area (Å²) in [6.07, 6.45) is 4.96. The van der Waals surface area contributed by atoms with Crippen molar-refractivity contribution in [3.63, 3.8) is 0 Å². The molecule has 1 amide bonds. The molecule has 0 saturated heterocycles. The van der Waals surface area contributed by atoms with Gasteiger partial charge in [0.25, 0.3) is 5.91 Å². The van der Waals surface area contributed by atoms with E-state index in [9.17, 15) is 4.79 Å². The van der Waals surface area contributed by atoms with Crippen LogP contribution in [0.3, 0.4) is 0 Å². The van der Waals surface area contributed by atoms with E-state index in [0.29, 0.717) is 12.1 Å². The van der Waals surface area contributed by atoms with Crippen LogP contribution < -0.4 is 5.32 Å². The quantitative estimate of drug-likeness (QED) is 0.644. The number of hydrogen-bond donors (Lipinski definition) is 3. The number of benzene rings is 1. The van der Waals surface area contributed by atoms with Gasteiger partial charge >= 0.3 is 0 Å². The minimum atomic E-state index is -0.118. The van der Waals surface area contributed by atoms with E-state index in [-0.39, 0.29) is 5.91 Å². The number of rotatable bonds is 3. The third-order valence-corrected chi connectivity index (χ3v) is 2.70. The highest BCUT2D eigenvalue weighted by molar-refractivity contribution is 5.97. The zero-order valence-corrected chi connectivity index (χ0v) is 9.47. The Morgan fingerprint density at radius 1 is 1.33 bits per heavy atom. The Labute approximate surface area is 102 Å². The lowest BCUT2D eigenvalue weighted by molar-refractivity contribution is 0.0950. The minimum absolute atomic E-state index is 0.118. The summed E-state index contributed by atoms with van der Waals surface area (Å²) < 4.78 is 0. The van der Waals surface area contributed by atoms with Crippen LogP contribution in [0, 0.1) is 0 Å². The Bertz CT molecular complexity index is 671. The zero-order valence-electron chi connectivity index (χ0n) is 9.47. The smallest absolute Gasteiger partial charge is 0.251 e. The number of carbonyl (C=O) groups excluding carboxylic acids is 1. The van der Waals surface area contributed by atoms with Gasteiger partial charge in [0, 0.05) is 17.1 Å². The topological polar surface area (TPSA) is 86.5 Å². The zero-order chi connectivity index (χ0) is 12.4. The number of carbonyl (C=O) groups is 1. The van der Waals surface area contributed by atoms with Crippen molar-refractivity contribution in [3.8, 4) is 0 Å². The average Bonchev–Trinajstić information content (AvgIpc) is 3.05. The highest BCUT2D eigenvalue weighted by Crippen LogP contribution is 2.12. The van der Waals surface area contributed by atoms with Crippen LogP contribution in [0.1, 0.15) is 16.1 Å². The van der Waals surface area contributed by atoms with E-state index in [0.717, 1.165) is 16.6 Å². The number of imidazole rings is 1. The molecule has 0 radical (unpaired) electrons. The molecule has 3 N–H and O–H groups in total. The van der Waals surface area contributed by atoms with E-state index in [1.165, 1.54) is 0 Å². The van der Waals surface area contributed by atoms with Crippen LogP contribution in [0.2, 0.25) is 0 Å². The van der Waals surface area contributed by atoms with Crippen molar-refractivity contribution in [2.75, 3.05) is 0 Å². The Balaban J connectivity index is 1.75. The fourth-order valence-corrected chi connectivity index (χ4v) is 1.74. The summed E-state index contributed by atoms with van der Waals surface area (Å²) in [6, 6.07) is 5.41. The second-order valence-corrected chi connectivity index (χ2v) is 3.93. The van der Waals surface area contributed by atoms with Gasteiger partial charge in [-0.15, -0.1) is 0 Å². The summed E-state index contributed by atoms with van der Waals surface area (Å²) in [6.45, 7) is 0.433. The van der Waals surface area contributed by atoms with E-state index >= 15 is 0 Å². The van der Waals surface area contributed by atoms with Crippen LogP contribution in [0.15, 0.2) is 36.9 Å². The highest BCUT2D eigenvalue weighted by Gasteiger charge is 2.07. The molecule has 0 fully saturated rings. The number of nitrogens with one attached hydrogen (secondary N) is 3. The monoisotopic (exact) mass is 241 g/mol. The number of H-pyrrole nitrogens is 2. The van der Waals surface area contributed by atoms with Crippen LogP contribution in [0.25, 0.3) is 10.9 Å². The fourth-order valence-electron chi connectivity index (χ4n) is 1.74. The predicted molar refractivity (Wildman–Crippen MR) is 65.9 cm³/mol. The van der Waals surface area contributed by atoms with Crippen molar-refractivity contribution in [1.29, 1.82) is 0 Å². The van der Waals surface area contributed by atoms with Gasteiger partial charge in [0.05, 0.1) is 30.3 Å². The van der Waals surface area contributed by atoms with E-state index in [1.54, 1.807) is 30.9 Å². The SMILES string of the molecule is O=C(NCc1cnc[nH]1)c1ccc2[nH]ncc2c1. The van der Waals surface area contributed by atoms with E-state index in [4.69, 9.17) is 0 Å². The molecule has 0 unspecified atom stereocenters. The van der Waals surface area contributed by atoms with Gasteiger partial charge in [-0.05, 0) is 18.2 Å². The van der Waals surface area contributed by atoms with Crippen molar-refractivity contribution in [1.82, 2.24) is 25.5 Å². The van der Waals surface area contributed by atoms with Gasteiger partial charge in [-0.1, -0.05) is 0 Å². The number of amides is 1. The molecular formula is C12H11N5O. The van der Waals surface area contributed by atoms with Crippen LogP contribution in [0.5, 0.6) is 0 Å². The van der Waals surface area contributed by atoms with Gasteiger partial charge in [-0.2, -0.15) is 5.10 Å². The molecular weight excluding hydrogens is 230 g/mol. The molecule has 0 saturated carbocycles. The molecule has 0 atom stereocenters. The lowest BCUT2D eigenvalue weighted by Gasteiger charge is -2.03. The molecule has 0 aliphatic heterocycles. The average molecular weight is 241 g/mol. The molecule has 18 heavy (non-hydrogen) atoms. The van der Waals surface area contributed by atoms with Crippen molar-refractivity contribution < 1.29 is 4.79 Å². The van der Waals surface area contributed by atoms with Crippen molar-refractivity contribution in [2.24, 2.45) is 0 Å². The van der Waals surface area contributed by atoms with E-state index in [2.05, 4.69) is 25.5 Å². The van der Waals surface area contributed by atoms with Gasteiger partial charge in [0.1, 0.15) is 0 Å². The Morgan fingerprint density at radius 3 is 3.11 bits per heavy atom. The van der Waals surface area contributed by atoms with Gasteiger partial charge in [-0.3, -0.25) is 9.89 Å². The second kappa shape index (κ2) is 4.33. The Kier molecular flexibility index (Phi) is 2.53. The molecule has 1 aromatic carbocycles. The maximum Gasteiger partial charge on any atom is 0.251 e. The number of fused-ring (bicyclic) bond motifs is 1. The summed E-state index contributed by atoms with van der Waals surface area (Å²) in [5.41, 5.74) is 2.40. The summed E-state index contributed by atoms with van der Waals surface area (Å²) in [5, 5.41) is 10.5. The summed E-state index contributed by atoms with van der Waals surface area (Å²) in [5.74, 6) is -0.118. The molecule has 3 aromatic rings. The first-order valence-electron chi connectivity index (χ1n) is 5.51. The lowest BCUT2D eigenvalue weighted by Crippen LogP contribution is -2.22. The van der Waals surface area contributed by atoms with Crippen molar-refractivity contribution >= 4 is 16.8 Å². The van der Waals surface area contributed by atoms with Crippen molar-refractivity contribution in [3.05, 3.63) is 48.2 Å². The summed E-state index contributed by atoms with van der Waals surface area (Å²) in [7, 11) is 0. The molecule has 0 bridgehead atoms. The molecule has 90 valence electrons. The predicted octanol–water partition coefficient (Wildman–Crippen LogP) is 1.22. The fraction of sp³-hybridized carbons (Fsp3) is 0.0833. The van der Waals surface area contributed by atoms with Crippen LogP contribution >= 0.6 is 0 Å².